The third-order valence-corrected chi connectivity index (χ3v) is 3.87. The van der Waals surface area contributed by atoms with E-state index in [9.17, 15) is 13.2 Å². The van der Waals surface area contributed by atoms with Gasteiger partial charge in [-0.15, -0.1) is 0 Å². The van der Waals surface area contributed by atoms with Crippen LogP contribution in [0.2, 0.25) is 0 Å². The first-order valence-electron chi connectivity index (χ1n) is 6.80. The molecule has 1 aliphatic rings. The van der Waals surface area contributed by atoms with Crippen molar-refractivity contribution in [3.05, 3.63) is 29.3 Å². The monoisotopic (exact) mass is 271 g/mol. The Morgan fingerprint density at radius 3 is 2.53 bits per heavy atom. The number of anilines is 1. The van der Waals surface area contributed by atoms with Gasteiger partial charge >= 0.3 is 6.18 Å². The van der Waals surface area contributed by atoms with E-state index in [-0.39, 0.29) is 11.6 Å². The van der Waals surface area contributed by atoms with Gasteiger partial charge in [0.15, 0.2) is 0 Å². The molecule has 1 fully saturated rings. The van der Waals surface area contributed by atoms with Crippen LogP contribution in [0.5, 0.6) is 0 Å². The second-order valence-electron chi connectivity index (χ2n) is 5.61. The molecule has 0 heterocycles. The van der Waals surface area contributed by atoms with Crippen molar-refractivity contribution in [3.8, 4) is 0 Å². The van der Waals surface area contributed by atoms with Crippen LogP contribution in [0.4, 0.5) is 18.9 Å². The van der Waals surface area contributed by atoms with Gasteiger partial charge in [-0.3, -0.25) is 0 Å². The minimum atomic E-state index is -4.28. The molecule has 1 nitrogen and oxygen atoms in total. The lowest BCUT2D eigenvalue weighted by atomic mass is 9.81. The molecule has 1 aliphatic carbocycles. The fraction of sp³-hybridized carbons (Fsp3) is 0.600. The van der Waals surface area contributed by atoms with Crippen LogP contribution in [0.3, 0.4) is 0 Å². The Kier molecular flexibility index (Phi) is 4.07. The van der Waals surface area contributed by atoms with E-state index in [0.29, 0.717) is 5.69 Å². The number of alkyl halides is 3. The summed E-state index contributed by atoms with van der Waals surface area (Å²) in [6.07, 6.45) is 0.565. The van der Waals surface area contributed by atoms with Crippen molar-refractivity contribution in [2.45, 2.75) is 51.7 Å². The largest absolute Gasteiger partial charge is 0.416 e. The van der Waals surface area contributed by atoms with E-state index < -0.39 is 11.7 Å². The second-order valence-corrected chi connectivity index (χ2v) is 5.61. The van der Waals surface area contributed by atoms with Crippen molar-refractivity contribution in [3.63, 3.8) is 0 Å². The lowest BCUT2D eigenvalue weighted by Gasteiger charge is -2.29. The molecule has 0 saturated heterocycles. The summed E-state index contributed by atoms with van der Waals surface area (Å²) >= 11 is 0. The SMILES string of the molecule is Cc1ccc(NC(C)CC2CCC2)cc1C(F)(F)F. The smallest absolute Gasteiger partial charge is 0.383 e. The number of halogens is 3. The van der Waals surface area contributed by atoms with E-state index >= 15 is 0 Å². The maximum absolute atomic E-state index is 12.8. The van der Waals surface area contributed by atoms with Gasteiger partial charge in [-0.25, -0.2) is 0 Å². The van der Waals surface area contributed by atoms with Crippen molar-refractivity contribution in [1.82, 2.24) is 0 Å². The zero-order valence-electron chi connectivity index (χ0n) is 11.3. The first-order valence-corrected chi connectivity index (χ1v) is 6.80. The molecule has 106 valence electrons. The predicted molar refractivity (Wildman–Crippen MR) is 71.2 cm³/mol. The Labute approximate surface area is 112 Å². The molecule has 1 N–H and O–H groups in total. The van der Waals surface area contributed by atoms with Gasteiger partial charge in [0.1, 0.15) is 0 Å². The summed E-state index contributed by atoms with van der Waals surface area (Å²) in [6, 6.07) is 4.68. The van der Waals surface area contributed by atoms with E-state index in [1.165, 1.54) is 38.3 Å². The highest BCUT2D eigenvalue weighted by atomic mass is 19.4. The molecule has 0 amide bonds. The highest BCUT2D eigenvalue weighted by molar-refractivity contribution is 5.50. The van der Waals surface area contributed by atoms with Crippen molar-refractivity contribution in [1.29, 1.82) is 0 Å². The molecule has 0 spiro atoms. The molecule has 0 bridgehead atoms. The number of nitrogens with one attached hydrogen (secondary N) is 1. The highest BCUT2D eigenvalue weighted by Crippen LogP contribution is 2.34. The predicted octanol–water partition coefficient (Wildman–Crippen LogP) is 5.00. The van der Waals surface area contributed by atoms with Gasteiger partial charge in [-0.1, -0.05) is 25.3 Å². The van der Waals surface area contributed by atoms with Gasteiger partial charge in [0.2, 0.25) is 0 Å². The van der Waals surface area contributed by atoms with E-state index in [4.69, 9.17) is 0 Å². The average Bonchev–Trinajstić information content (AvgIpc) is 2.25. The highest BCUT2D eigenvalue weighted by Gasteiger charge is 2.32. The Morgan fingerprint density at radius 1 is 1.32 bits per heavy atom. The number of benzene rings is 1. The summed E-state index contributed by atoms with van der Waals surface area (Å²) in [6.45, 7) is 3.52. The normalized spacial score (nSPS) is 17.9. The molecule has 0 aliphatic heterocycles. The van der Waals surface area contributed by atoms with Gasteiger partial charge in [0, 0.05) is 11.7 Å². The van der Waals surface area contributed by atoms with E-state index in [0.717, 1.165) is 12.3 Å². The lowest BCUT2D eigenvalue weighted by molar-refractivity contribution is -0.138. The molecule has 0 radical (unpaired) electrons. The fourth-order valence-corrected chi connectivity index (χ4v) is 2.59. The molecule has 1 aromatic carbocycles. The summed E-state index contributed by atoms with van der Waals surface area (Å²) in [4.78, 5) is 0. The molecule has 2 rings (SSSR count). The standard InChI is InChI=1S/C15H20F3N/c1-10-6-7-13(9-14(10)15(16,17)18)19-11(2)8-12-4-3-5-12/h6-7,9,11-12,19H,3-5,8H2,1-2H3. The van der Waals surface area contributed by atoms with E-state index in [2.05, 4.69) is 5.32 Å². The maximum Gasteiger partial charge on any atom is 0.416 e. The molecule has 1 unspecified atom stereocenters. The fourth-order valence-electron chi connectivity index (χ4n) is 2.59. The molecular formula is C15H20F3N. The Bertz CT molecular complexity index is 436. The van der Waals surface area contributed by atoms with Crippen molar-refractivity contribution in [2.75, 3.05) is 5.32 Å². The van der Waals surface area contributed by atoms with Crippen LogP contribution in [-0.4, -0.2) is 6.04 Å². The van der Waals surface area contributed by atoms with E-state index in [1.54, 1.807) is 6.07 Å². The average molecular weight is 271 g/mol. The van der Waals surface area contributed by atoms with Crippen LogP contribution >= 0.6 is 0 Å². The van der Waals surface area contributed by atoms with E-state index in [1.807, 2.05) is 6.92 Å². The molecule has 1 aromatic rings. The van der Waals surface area contributed by atoms with Crippen LogP contribution in [-0.2, 0) is 6.18 Å². The van der Waals surface area contributed by atoms with Gasteiger partial charge in [0.25, 0.3) is 0 Å². The molecule has 1 saturated carbocycles. The summed E-state index contributed by atoms with van der Waals surface area (Å²) in [7, 11) is 0. The topological polar surface area (TPSA) is 12.0 Å². The first-order chi connectivity index (χ1) is 8.86. The Morgan fingerprint density at radius 2 is 2.00 bits per heavy atom. The zero-order chi connectivity index (χ0) is 14.0. The second kappa shape index (κ2) is 5.43. The Hall–Kier alpha value is -1.19. The van der Waals surface area contributed by atoms with Crippen LogP contribution in [0.1, 0.15) is 43.7 Å². The quantitative estimate of drug-likeness (QED) is 0.812. The summed E-state index contributed by atoms with van der Waals surface area (Å²) in [5, 5.41) is 3.18. The van der Waals surface area contributed by atoms with Crippen molar-refractivity contribution >= 4 is 5.69 Å². The lowest BCUT2D eigenvalue weighted by Crippen LogP contribution is -2.23. The summed E-state index contributed by atoms with van der Waals surface area (Å²) in [5.74, 6) is 0.745. The van der Waals surface area contributed by atoms with Crippen LogP contribution in [0.25, 0.3) is 0 Å². The minimum Gasteiger partial charge on any atom is -0.383 e. The maximum atomic E-state index is 12.8. The van der Waals surface area contributed by atoms with Gasteiger partial charge in [-0.05, 0) is 43.9 Å². The van der Waals surface area contributed by atoms with Crippen molar-refractivity contribution in [2.24, 2.45) is 5.92 Å². The third kappa shape index (κ3) is 3.64. The number of aryl methyl sites for hydroxylation is 1. The Balaban J connectivity index is 2.03. The summed E-state index contributed by atoms with van der Waals surface area (Å²) < 4.78 is 38.4. The first kappa shape index (κ1) is 14.2. The molecule has 4 heteroatoms. The number of hydrogen-bond acceptors (Lipinski definition) is 1. The van der Waals surface area contributed by atoms with Gasteiger partial charge in [-0.2, -0.15) is 13.2 Å². The minimum absolute atomic E-state index is 0.217. The molecule has 19 heavy (non-hydrogen) atoms. The van der Waals surface area contributed by atoms with Crippen LogP contribution in [0.15, 0.2) is 18.2 Å². The number of hydrogen-bond donors (Lipinski definition) is 1. The van der Waals surface area contributed by atoms with Crippen LogP contribution in [0, 0.1) is 12.8 Å². The van der Waals surface area contributed by atoms with Gasteiger partial charge in [0.05, 0.1) is 5.56 Å². The van der Waals surface area contributed by atoms with Crippen LogP contribution < -0.4 is 5.32 Å². The molecule has 0 aromatic heterocycles. The number of rotatable bonds is 4. The van der Waals surface area contributed by atoms with Crippen molar-refractivity contribution < 1.29 is 13.2 Å². The third-order valence-electron chi connectivity index (χ3n) is 3.87. The summed E-state index contributed by atoms with van der Waals surface area (Å²) in [5.41, 5.74) is 0.280. The zero-order valence-corrected chi connectivity index (χ0v) is 11.3. The van der Waals surface area contributed by atoms with Gasteiger partial charge < -0.3 is 5.32 Å². The molecule has 1 atom stereocenters. The molecular weight excluding hydrogens is 251 g/mol.